The van der Waals surface area contributed by atoms with Crippen LogP contribution in [-0.2, 0) is 0 Å². The lowest BCUT2D eigenvalue weighted by atomic mass is 9.89. The molecule has 0 aliphatic rings. The van der Waals surface area contributed by atoms with Crippen LogP contribution in [0.4, 0.5) is 0 Å². The van der Waals surface area contributed by atoms with Gasteiger partial charge in [-0.25, -0.2) is 0 Å². The lowest BCUT2D eigenvalue weighted by Gasteiger charge is -2.16. The van der Waals surface area contributed by atoms with E-state index in [4.69, 9.17) is 0 Å². The summed E-state index contributed by atoms with van der Waals surface area (Å²) in [6.45, 7) is 2.12. The number of aromatic hydroxyl groups is 1. The predicted octanol–water partition coefficient (Wildman–Crippen LogP) is 8.65. The Hall–Kier alpha value is -2.17. The quantitative estimate of drug-likeness (QED) is 0.202. The number of phenols is 1. The van der Waals surface area contributed by atoms with Crippen molar-refractivity contribution in [2.45, 2.75) is 32.6 Å². The van der Waals surface area contributed by atoms with Crippen LogP contribution in [0, 0.1) is 0 Å². The minimum absolute atomic E-state index is 0.00735. The van der Waals surface area contributed by atoms with Gasteiger partial charge in [0.25, 0.3) is 0 Å². The maximum absolute atomic E-state index is 13.0. The van der Waals surface area contributed by atoms with Crippen LogP contribution in [0.1, 0.15) is 43.0 Å². The number of hydrogen-bond donors (Lipinski definition) is 1. The Balaban J connectivity index is 1.99. The maximum Gasteiger partial charge on any atom is 0.166 e. The molecule has 2 nitrogen and oxygen atoms in total. The van der Waals surface area contributed by atoms with Crippen molar-refractivity contribution in [1.29, 1.82) is 0 Å². The third-order valence-electron chi connectivity index (χ3n) is 5.49. The van der Waals surface area contributed by atoms with Gasteiger partial charge in [0.2, 0.25) is 0 Å². The molecule has 0 bridgehead atoms. The molecule has 0 atom stereocenters. The van der Waals surface area contributed by atoms with Crippen LogP contribution in [0.5, 0.6) is 5.75 Å². The van der Waals surface area contributed by atoms with Gasteiger partial charge in [-0.3, -0.25) is 4.79 Å². The van der Waals surface area contributed by atoms with Gasteiger partial charge in [-0.1, -0.05) is 82.0 Å². The number of carbonyl (C=O) groups is 1. The Labute approximate surface area is 193 Å². The van der Waals surface area contributed by atoms with E-state index in [0.717, 1.165) is 55.3 Å². The number of Topliss-reactive ketones (excluding diaryl/α,β-unsaturated/α-hetero) is 1. The van der Waals surface area contributed by atoms with Crippen molar-refractivity contribution < 1.29 is 9.90 Å². The molecule has 30 heavy (non-hydrogen) atoms. The van der Waals surface area contributed by atoms with Gasteiger partial charge in [-0.05, 0) is 63.9 Å². The summed E-state index contributed by atoms with van der Waals surface area (Å²) in [5, 5.41) is 15.3. The van der Waals surface area contributed by atoms with Gasteiger partial charge in [0.05, 0.1) is 5.56 Å². The zero-order valence-electron chi connectivity index (χ0n) is 16.7. The van der Waals surface area contributed by atoms with Crippen LogP contribution in [-0.4, -0.2) is 10.9 Å². The summed E-state index contributed by atoms with van der Waals surface area (Å²) < 4.78 is 1.95. The molecule has 0 aliphatic heterocycles. The number of hydrogen-bond acceptors (Lipinski definition) is 2. The Kier molecular flexibility index (Phi) is 6.26. The lowest BCUT2D eigenvalue weighted by molar-refractivity contribution is 0.0977. The molecule has 4 heteroatoms. The molecule has 0 radical (unpaired) electrons. The Morgan fingerprint density at radius 2 is 1.57 bits per heavy atom. The van der Waals surface area contributed by atoms with Gasteiger partial charge >= 0.3 is 0 Å². The summed E-state index contributed by atoms with van der Waals surface area (Å²) in [7, 11) is 0. The molecule has 0 saturated heterocycles. The molecule has 0 unspecified atom stereocenters. The number of unbranched alkanes of at least 4 members (excludes halogenated alkanes) is 2. The fourth-order valence-corrected chi connectivity index (χ4v) is 4.75. The standard InChI is InChI=1S/C26H22Br2O2/c1-2-3-4-8-24(29)23-15-17-14-19(28)10-12-21(17)25(26(23)30)22-7-5-6-16-13-18(27)9-11-20(16)22/h5-7,9-15,30H,2-4,8H2,1H3. The van der Waals surface area contributed by atoms with Crippen LogP contribution in [0.3, 0.4) is 0 Å². The van der Waals surface area contributed by atoms with Gasteiger partial charge in [-0.15, -0.1) is 0 Å². The predicted molar refractivity (Wildman–Crippen MR) is 132 cm³/mol. The van der Waals surface area contributed by atoms with Crippen LogP contribution < -0.4 is 0 Å². The largest absolute Gasteiger partial charge is 0.507 e. The highest BCUT2D eigenvalue weighted by atomic mass is 79.9. The van der Waals surface area contributed by atoms with Crippen molar-refractivity contribution in [3.63, 3.8) is 0 Å². The average Bonchev–Trinajstić information content (AvgIpc) is 2.73. The first kappa shape index (κ1) is 21.1. The Morgan fingerprint density at radius 1 is 0.867 bits per heavy atom. The van der Waals surface area contributed by atoms with Crippen LogP contribution in [0.25, 0.3) is 32.7 Å². The third kappa shape index (κ3) is 4.03. The van der Waals surface area contributed by atoms with Gasteiger partial charge in [0, 0.05) is 20.9 Å². The Bertz CT molecular complexity index is 1260. The molecule has 0 heterocycles. The normalized spacial score (nSPS) is 11.3. The monoisotopic (exact) mass is 524 g/mol. The number of carbonyl (C=O) groups excluding carboxylic acids is 1. The van der Waals surface area contributed by atoms with Crippen LogP contribution in [0.15, 0.2) is 69.6 Å². The number of fused-ring (bicyclic) bond motifs is 2. The molecule has 4 rings (SSSR count). The first-order valence-corrected chi connectivity index (χ1v) is 11.7. The minimum Gasteiger partial charge on any atom is -0.507 e. The van der Waals surface area contributed by atoms with Gasteiger partial charge in [0.15, 0.2) is 5.78 Å². The summed E-state index contributed by atoms with van der Waals surface area (Å²) in [5.74, 6) is 0.0637. The van der Waals surface area contributed by atoms with Crippen LogP contribution in [0.2, 0.25) is 0 Å². The van der Waals surface area contributed by atoms with E-state index in [1.54, 1.807) is 0 Å². The molecule has 152 valence electrons. The lowest BCUT2D eigenvalue weighted by Crippen LogP contribution is -2.01. The molecule has 4 aromatic rings. The molecular weight excluding hydrogens is 504 g/mol. The number of halogens is 2. The number of benzene rings is 4. The second-order valence-corrected chi connectivity index (χ2v) is 9.40. The highest BCUT2D eigenvalue weighted by Crippen LogP contribution is 2.43. The molecular formula is C26H22Br2O2. The topological polar surface area (TPSA) is 37.3 Å². The number of phenolic OH excluding ortho intramolecular Hbond substituents is 1. The van der Waals surface area contributed by atoms with Crippen molar-refractivity contribution in [2.24, 2.45) is 0 Å². The van der Waals surface area contributed by atoms with Gasteiger partial charge < -0.3 is 5.11 Å². The maximum atomic E-state index is 13.0. The van der Waals surface area contributed by atoms with E-state index in [2.05, 4.69) is 57.0 Å². The smallest absolute Gasteiger partial charge is 0.166 e. The molecule has 0 amide bonds. The van der Waals surface area contributed by atoms with Gasteiger partial charge in [0.1, 0.15) is 5.75 Å². The van der Waals surface area contributed by atoms with E-state index in [9.17, 15) is 9.90 Å². The summed E-state index contributed by atoms with van der Waals surface area (Å²) in [6.07, 6.45) is 3.35. The molecule has 0 fully saturated rings. The minimum atomic E-state index is -0.00735. The fraction of sp³-hybridized carbons (Fsp3) is 0.192. The molecule has 1 N–H and O–H groups in total. The summed E-state index contributed by atoms with van der Waals surface area (Å²) >= 11 is 7.08. The van der Waals surface area contributed by atoms with E-state index < -0.39 is 0 Å². The van der Waals surface area contributed by atoms with E-state index in [1.165, 1.54) is 0 Å². The average molecular weight is 526 g/mol. The third-order valence-corrected chi connectivity index (χ3v) is 6.48. The first-order chi connectivity index (χ1) is 14.5. The van der Waals surface area contributed by atoms with E-state index >= 15 is 0 Å². The summed E-state index contributed by atoms with van der Waals surface area (Å²) in [4.78, 5) is 13.0. The number of ketones is 1. The molecule has 0 aliphatic carbocycles. The zero-order chi connectivity index (χ0) is 21.3. The molecule has 0 saturated carbocycles. The van der Waals surface area contributed by atoms with E-state index in [1.807, 2.05) is 42.5 Å². The molecule has 0 spiro atoms. The van der Waals surface area contributed by atoms with E-state index in [-0.39, 0.29) is 11.5 Å². The first-order valence-electron chi connectivity index (χ1n) is 10.2. The van der Waals surface area contributed by atoms with Crippen molar-refractivity contribution in [3.8, 4) is 16.9 Å². The summed E-state index contributed by atoms with van der Waals surface area (Å²) in [5.41, 5.74) is 2.04. The molecule has 4 aromatic carbocycles. The van der Waals surface area contributed by atoms with Crippen molar-refractivity contribution in [2.75, 3.05) is 0 Å². The second-order valence-electron chi connectivity index (χ2n) is 7.56. The second kappa shape index (κ2) is 8.91. The zero-order valence-corrected chi connectivity index (χ0v) is 19.9. The Morgan fingerprint density at radius 3 is 2.30 bits per heavy atom. The fourth-order valence-electron chi connectivity index (χ4n) is 3.99. The van der Waals surface area contributed by atoms with Crippen LogP contribution >= 0.6 is 31.9 Å². The van der Waals surface area contributed by atoms with Crippen molar-refractivity contribution >= 4 is 59.2 Å². The van der Waals surface area contributed by atoms with E-state index in [0.29, 0.717) is 17.5 Å². The SMILES string of the molecule is CCCCCC(=O)c1cc2cc(Br)ccc2c(-c2cccc3cc(Br)ccc23)c1O. The number of rotatable bonds is 6. The summed E-state index contributed by atoms with van der Waals surface area (Å²) in [6, 6.07) is 20.0. The van der Waals surface area contributed by atoms with Crippen molar-refractivity contribution in [1.82, 2.24) is 0 Å². The highest BCUT2D eigenvalue weighted by molar-refractivity contribution is 9.10. The molecule has 0 aromatic heterocycles. The van der Waals surface area contributed by atoms with Gasteiger partial charge in [-0.2, -0.15) is 0 Å². The van der Waals surface area contributed by atoms with Crippen molar-refractivity contribution in [3.05, 3.63) is 75.2 Å². The highest BCUT2D eigenvalue weighted by Gasteiger charge is 2.20.